The lowest BCUT2D eigenvalue weighted by Crippen LogP contribution is -2.17. The lowest BCUT2D eigenvalue weighted by Gasteiger charge is -2.17. The second-order valence-corrected chi connectivity index (χ2v) is 4.65. The van der Waals surface area contributed by atoms with E-state index in [0.717, 1.165) is 28.2 Å². The molecule has 4 nitrogen and oxygen atoms in total. The summed E-state index contributed by atoms with van der Waals surface area (Å²) in [5, 5.41) is 3.25. The van der Waals surface area contributed by atoms with Gasteiger partial charge in [-0.15, -0.1) is 0 Å². The molecule has 0 heterocycles. The van der Waals surface area contributed by atoms with Crippen molar-refractivity contribution in [3.63, 3.8) is 0 Å². The van der Waals surface area contributed by atoms with Gasteiger partial charge in [0.05, 0.1) is 14.2 Å². The van der Waals surface area contributed by atoms with Crippen molar-refractivity contribution in [2.75, 3.05) is 20.8 Å². The fraction of sp³-hybridized carbons (Fsp3) is 0.533. The van der Waals surface area contributed by atoms with Gasteiger partial charge in [0.2, 0.25) is 0 Å². The molecule has 1 aromatic rings. The summed E-state index contributed by atoms with van der Waals surface area (Å²) in [5.41, 5.74) is 3.23. The fourth-order valence-electron chi connectivity index (χ4n) is 2.04. The van der Waals surface area contributed by atoms with Gasteiger partial charge in [0.1, 0.15) is 17.3 Å². The van der Waals surface area contributed by atoms with Crippen LogP contribution in [0, 0.1) is 13.8 Å². The molecule has 1 N–H and O–H groups in total. The van der Waals surface area contributed by atoms with Crippen LogP contribution >= 0.6 is 0 Å². The van der Waals surface area contributed by atoms with Crippen LogP contribution in [0.25, 0.3) is 0 Å². The first-order valence-electron chi connectivity index (χ1n) is 6.42. The molecule has 106 valence electrons. The minimum Gasteiger partial charge on any atom is -0.496 e. The molecular weight excluding hydrogens is 242 g/mol. The van der Waals surface area contributed by atoms with Crippen LogP contribution < -0.4 is 14.8 Å². The van der Waals surface area contributed by atoms with Gasteiger partial charge in [-0.25, -0.2) is 0 Å². The minimum atomic E-state index is 0.192. The van der Waals surface area contributed by atoms with E-state index in [9.17, 15) is 4.79 Å². The molecule has 0 aliphatic carbocycles. The van der Waals surface area contributed by atoms with Crippen LogP contribution in [0.1, 0.15) is 30.0 Å². The Kier molecular flexibility index (Phi) is 5.83. The Morgan fingerprint density at radius 3 is 2.42 bits per heavy atom. The summed E-state index contributed by atoms with van der Waals surface area (Å²) >= 11 is 0. The van der Waals surface area contributed by atoms with Crippen molar-refractivity contribution in [1.82, 2.24) is 5.32 Å². The number of rotatable bonds is 7. The number of ketones is 1. The fourth-order valence-corrected chi connectivity index (χ4v) is 2.04. The summed E-state index contributed by atoms with van der Waals surface area (Å²) in [4.78, 5) is 10.9. The third kappa shape index (κ3) is 3.96. The van der Waals surface area contributed by atoms with E-state index < -0.39 is 0 Å². The Balaban J connectivity index is 2.86. The highest BCUT2D eigenvalue weighted by Crippen LogP contribution is 2.33. The van der Waals surface area contributed by atoms with Crippen LogP contribution in [0.5, 0.6) is 11.5 Å². The van der Waals surface area contributed by atoms with E-state index in [0.29, 0.717) is 19.5 Å². The second kappa shape index (κ2) is 7.14. The summed E-state index contributed by atoms with van der Waals surface area (Å²) in [7, 11) is 3.34. The molecule has 4 heteroatoms. The molecule has 0 atom stereocenters. The third-order valence-electron chi connectivity index (χ3n) is 3.26. The maximum absolute atomic E-state index is 10.9. The Morgan fingerprint density at radius 1 is 1.21 bits per heavy atom. The van der Waals surface area contributed by atoms with Crippen LogP contribution in [0.3, 0.4) is 0 Å². The number of nitrogens with one attached hydrogen (secondary N) is 1. The van der Waals surface area contributed by atoms with Crippen molar-refractivity contribution in [1.29, 1.82) is 0 Å². The number of carbonyl (C=O) groups excluding carboxylic acids is 1. The predicted octanol–water partition coefficient (Wildman–Crippen LogP) is 2.39. The van der Waals surface area contributed by atoms with E-state index in [1.807, 2.05) is 19.9 Å². The van der Waals surface area contributed by atoms with Crippen LogP contribution in [-0.2, 0) is 11.3 Å². The number of benzene rings is 1. The molecule has 19 heavy (non-hydrogen) atoms. The normalized spacial score (nSPS) is 10.4. The first-order valence-corrected chi connectivity index (χ1v) is 6.42. The zero-order valence-corrected chi connectivity index (χ0v) is 12.4. The molecule has 0 bridgehead atoms. The Labute approximate surface area is 115 Å². The van der Waals surface area contributed by atoms with Crippen molar-refractivity contribution >= 4 is 5.78 Å². The molecule has 0 unspecified atom stereocenters. The predicted molar refractivity (Wildman–Crippen MR) is 76.0 cm³/mol. The average molecular weight is 265 g/mol. The zero-order chi connectivity index (χ0) is 14.4. The maximum atomic E-state index is 10.9. The van der Waals surface area contributed by atoms with Gasteiger partial charge in [-0.05, 0) is 38.0 Å². The highest BCUT2D eigenvalue weighted by Gasteiger charge is 2.13. The number of carbonyl (C=O) groups is 1. The molecular formula is C15H23NO3. The molecule has 0 amide bonds. The van der Waals surface area contributed by atoms with E-state index in [1.54, 1.807) is 21.1 Å². The Bertz CT molecular complexity index is 455. The van der Waals surface area contributed by atoms with Crippen molar-refractivity contribution in [3.8, 4) is 11.5 Å². The van der Waals surface area contributed by atoms with Crippen molar-refractivity contribution in [2.24, 2.45) is 0 Å². The molecule has 0 fully saturated rings. The number of methoxy groups -OCH3 is 2. The van der Waals surface area contributed by atoms with Crippen molar-refractivity contribution in [2.45, 2.75) is 33.7 Å². The van der Waals surface area contributed by atoms with Crippen LogP contribution in [-0.4, -0.2) is 26.5 Å². The number of Topliss-reactive ketones (excluding diaryl/α,β-unsaturated/α-hetero) is 1. The molecule has 0 saturated carbocycles. The highest BCUT2D eigenvalue weighted by molar-refractivity contribution is 5.75. The van der Waals surface area contributed by atoms with Crippen LogP contribution in [0.15, 0.2) is 6.07 Å². The van der Waals surface area contributed by atoms with Crippen LogP contribution in [0.4, 0.5) is 0 Å². The molecule has 0 spiro atoms. The Hall–Kier alpha value is -1.55. The van der Waals surface area contributed by atoms with E-state index in [-0.39, 0.29) is 5.78 Å². The molecule has 0 aliphatic heterocycles. The quantitative estimate of drug-likeness (QED) is 0.769. The second-order valence-electron chi connectivity index (χ2n) is 4.65. The zero-order valence-electron chi connectivity index (χ0n) is 12.4. The van der Waals surface area contributed by atoms with Crippen molar-refractivity contribution < 1.29 is 14.3 Å². The standard InChI is InChI=1S/C15H23NO3/c1-10(17)6-7-16-9-13-8-14(18-4)11(2)12(3)15(13)19-5/h8,16H,6-7,9H2,1-5H3. The highest BCUT2D eigenvalue weighted by atomic mass is 16.5. The number of hydrogen-bond donors (Lipinski definition) is 1. The topological polar surface area (TPSA) is 47.6 Å². The lowest BCUT2D eigenvalue weighted by molar-refractivity contribution is -0.116. The monoisotopic (exact) mass is 265 g/mol. The van der Waals surface area contributed by atoms with Gasteiger partial charge < -0.3 is 14.8 Å². The maximum Gasteiger partial charge on any atom is 0.131 e. The summed E-state index contributed by atoms with van der Waals surface area (Å²) in [5.74, 6) is 1.94. The molecule has 0 saturated heterocycles. The van der Waals surface area contributed by atoms with E-state index in [1.165, 1.54) is 0 Å². The first-order chi connectivity index (χ1) is 9.01. The molecule has 1 aromatic carbocycles. The van der Waals surface area contributed by atoms with E-state index >= 15 is 0 Å². The van der Waals surface area contributed by atoms with Gasteiger partial charge in [0.25, 0.3) is 0 Å². The molecule has 0 radical (unpaired) electrons. The summed E-state index contributed by atoms with van der Waals surface area (Å²) in [6, 6.07) is 1.99. The van der Waals surface area contributed by atoms with E-state index in [4.69, 9.17) is 9.47 Å². The van der Waals surface area contributed by atoms with Gasteiger partial charge in [0, 0.05) is 25.1 Å². The van der Waals surface area contributed by atoms with Gasteiger partial charge in [-0.1, -0.05) is 0 Å². The Morgan fingerprint density at radius 2 is 1.89 bits per heavy atom. The van der Waals surface area contributed by atoms with Gasteiger partial charge in [0.15, 0.2) is 0 Å². The minimum absolute atomic E-state index is 0.192. The molecule has 1 rings (SSSR count). The van der Waals surface area contributed by atoms with Gasteiger partial charge in [-0.3, -0.25) is 4.79 Å². The number of hydrogen-bond acceptors (Lipinski definition) is 4. The average Bonchev–Trinajstić information content (AvgIpc) is 2.38. The summed E-state index contributed by atoms with van der Waals surface area (Å²) in [6.07, 6.45) is 0.546. The largest absolute Gasteiger partial charge is 0.496 e. The van der Waals surface area contributed by atoms with E-state index in [2.05, 4.69) is 5.32 Å². The van der Waals surface area contributed by atoms with Crippen molar-refractivity contribution in [3.05, 3.63) is 22.8 Å². The number of ether oxygens (including phenoxy) is 2. The molecule has 0 aliphatic rings. The third-order valence-corrected chi connectivity index (χ3v) is 3.26. The first kappa shape index (κ1) is 15.5. The summed E-state index contributed by atoms with van der Waals surface area (Å²) < 4.78 is 10.8. The smallest absolute Gasteiger partial charge is 0.131 e. The SMILES string of the molecule is COc1cc(CNCCC(C)=O)c(OC)c(C)c1C. The van der Waals surface area contributed by atoms with Gasteiger partial charge >= 0.3 is 0 Å². The lowest BCUT2D eigenvalue weighted by atomic mass is 10.0. The van der Waals surface area contributed by atoms with Crippen LogP contribution in [0.2, 0.25) is 0 Å². The summed E-state index contributed by atoms with van der Waals surface area (Å²) in [6.45, 7) is 6.97. The van der Waals surface area contributed by atoms with Gasteiger partial charge in [-0.2, -0.15) is 0 Å². The molecule has 0 aromatic heterocycles.